The lowest BCUT2D eigenvalue weighted by atomic mass is 9.90. The first-order valence-electron chi connectivity index (χ1n) is 9.47. The molecule has 0 spiro atoms. The van der Waals surface area contributed by atoms with E-state index >= 15 is 0 Å². The third-order valence-corrected chi connectivity index (χ3v) is 5.69. The maximum absolute atomic E-state index is 13.3. The summed E-state index contributed by atoms with van der Waals surface area (Å²) in [4.78, 5) is 28.0. The van der Waals surface area contributed by atoms with Crippen LogP contribution in [0, 0.1) is 6.92 Å². The van der Waals surface area contributed by atoms with Crippen molar-refractivity contribution in [2.45, 2.75) is 25.7 Å². The van der Waals surface area contributed by atoms with Crippen LogP contribution in [0.5, 0.6) is 0 Å². The number of hydrogen-bond acceptors (Lipinski definition) is 2. The Morgan fingerprint density at radius 1 is 1.07 bits per heavy atom. The van der Waals surface area contributed by atoms with Gasteiger partial charge in [0, 0.05) is 45.5 Å². The number of piperidine rings is 1. The second-order valence-corrected chi connectivity index (χ2v) is 7.61. The van der Waals surface area contributed by atoms with Crippen LogP contribution in [-0.4, -0.2) is 33.0 Å². The number of likely N-dealkylation sites (tertiary alicyclic amines) is 1. The largest absolute Gasteiger partial charge is 0.349 e. The van der Waals surface area contributed by atoms with Gasteiger partial charge in [0.1, 0.15) is 0 Å². The number of rotatable bonds is 2. The Morgan fingerprint density at radius 3 is 2.56 bits per heavy atom. The summed E-state index contributed by atoms with van der Waals surface area (Å²) in [6, 6.07) is 10.4. The minimum absolute atomic E-state index is 0.0380. The zero-order chi connectivity index (χ0) is 19.1. The van der Waals surface area contributed by atoms with Crippen LogP contribution in [-0.2, 0) is 14.1 Å². The Labute approximate surface area is 158 Å². The molecular weight excluding hydrogens is 338 g/mol. The number of amides is 1. The van der Waals surface area contributed by atoms with Crippen LogP contribution in [0.15, 0.2) is 47.5 Å². The van der Waals surface area contributed by atoms with E-state index in [4.69, 9.17) is 0 Å². The standard InChI is InChI=1S/C22H25N3O2/c1-15-12-24(3)22(27)19-18(14-23(2)20(15)19)21(26)25-11-7-10-17(13-25)16-8-5-4-6-9-16/h4-6,8-9,12,14,17H,7,10-11,13H2,1-3H3. The van der Waals surface area contributed by atoms with Gasteiger partial charge in [-0.1, -0.05) is 30.3 Å². The molecule has 140 valence electrons. The van der Waals surface area contributed by atoms with Gasteiger partial charge in [-0.05, 0) is 30.9 Å². The van der Waals surface area contributed by atoms with Crippen LogP contribution in [0.4, 0.5) is 0 Å². The van der Waals surface area contributed by atoms with Crippen molar-refractivity contribution in [2.24, 2.45) is 14.1 Å². The number of nitrogens with zero attached hydrogens (tertiary/aromatic N) is 3. The third-order valence-electron chi connectivity index (χ3n) is 5.69. The van der Waals surface area contributed by atoms with Gasteiger partial charge in [-0.25, -0.2) is 0 Å². The van der Waals surface area contributed by atoms with Gasteiger partial charge in [0.15, 0.2) is 0 Å². The molecular formula is C22H25N3O2. The zero-order valence-corrected chi connectivity index (χ0v) is 16.1. The zero-order valence-electron chi connectivity index (χ0n) is 16.1. The number of hydrogen-bond donors (Lipinski definition) is 0. The number of aromatic nitrogens is 2. The molecule has 1 saturated heterocycles. The maximum Gasteiger partial charge on any atom is 0.260 e. The normalized spacial score (nSPS) is 17.4. The Balaban J connectivity index is 1.72. The SMILES string of the molecule is Cc1cn(C)c(=O)c2c(C(=O)N3CCCC(c4ccccc4)C3)cn(C)c12. The Hall–Kier alpha value is -2.82. The van der Waals surface area contributed by atoms with Crippen molar-refractivity contribution < 1.29 is 4.79 Å². The predicted molar refractivity (Wildman–Crippen MR) is 107 cm³/mol. The fourth-order valence-corrected chi connectivity index (χ4v) is 4.40. The molecule has 1 fully saturated rings. The highest BCUT2D eigenvalue weighted by molar-refractivity contribution is 6.07. The minimum Gasteiger partial charge on any atom is -0.349 e. The highest BCUT2D eigenvalue weighted by atomic mass is 16.2. The van der Waals surface area contributed by atoms with E-state index in [2.05, 4.69) is 12.1 Å². The molecule has 0 saturated carbocycles. The molecule has 5 nitrogen and oxygen atoms in total. The summed E-state index contributed by atoms with van der Waals surface area (Å²) in [5, 5.41) is 0.534. The molecule has 1 amide bonds. The highest BCUT2D eigenvalue weighted by Gasteiger charge is 2.28. The number of benzene rings is 1. The number of carbonyl (C=O) groups is 1. The van der Waals surface area contributed by atoms with Gasteiger partial charge < -0.3 is 14.0 Å². The first kappa shape index (κ1) is 17.6. The van der Waals surface area contributed by atoms with Gasteiger partial charge in [0.2, 0.25) is 0 Å². The summed E-state index contributed by atoms with van der Waals surface area (Å²) in [6.45, 7) is 3.42. The number of carbonyl (C=O) groups excluding carboxylic acids is 1. The van der Waals surface area contributed by atoms with Gasteiger partial charge in [-0.3, -0.25) is 9.59 Å². The van der Waals surface area contributed by atoms with Gasteiger partial charge in [0.05, 0.1) is 16.5 Å². The quantitative estimate of drug-likeness (QED) is 0.702. The molecule has 1 atom stereocenters. The van der Waals surface area contributed by atoms with E-state index in [-0.39, 0.29) is 11.5 Å². The van der Waals surface area contributed by atoms with E-state index in [0.29, 0.717) is 23.4 Å². The molecule has 1 aliphatic heterocycles. The molecule has 0 radical (unpaired) electrons. The molecule has 1 unspecified atom stereocenters. The third kappa shape index (κ3) is 2.97. The first-order chi connectivity index (χ1) is 13.0. The summed E-state index contributed by atoms with van der Waals surface area (Å²) < 4.78 is 3.47. The summed E-state index contributed by atoms with van der Waals surface area (Å²) in [5.74, 6) is 0.312. The predicted octanol–water partition coefficient (Wildman–Crippen LogP) is 3.21. The van der Waals surface area contributed by atoms with Crippen molar-refractivity contribution in [2.75, 3.05) is 13.1 Å². The van der Waals surface area contributed by atoms with Crippen molar-refractivity contribution in [3.63, 3.8) is 0 Å². The Morgan fingerprint density at radius 2 is 1.81 bits per heavy atom. The van der Waals surface area contributed by atoms with Crippen LogP contribution in [0.25, 0.3) is 10.9 Å². The smallest absolute Gasteiger partial charge is 0.260 e. The Kier molecular flexibility index (Phi) is 4.38. The molecule has 4 rings (SSSR count). The van der Waals surface area contributed by atoms with E-state index in [9.17, 15) is 9.59 Å². The molecule has 1 aliphatic rings. The maximum atomic E-state index is 13.3. The summed E-state index contributed by atoms with van der Waals surface area (Å²) in [7, 11) is 3.64. The second kappa shape index (κ2) is 6.72. The lowest BCUT2D eigenvalue weighted by molar-refractivity contribution is 0.0709. The van der Waals surface area contributed by atoms with Gasteiger partial charge in [-0.15, -0.1) is 0 Å². The van der Waals surface area contributed by atoms with E-state index in [1.165, 1.54) is 5.56 Å². The highest BCUT2D eigenvalue weighted by Crippen LogP contribution is 2.29. The molecule has 5 heteroatoms. The van der Waals surface area contributed by atoms with Crippen LogP contribution in [0.1, 0.15) is 40.2 Å². The monoisotopic (exact) mass is 363 g/mol. The average molecular weight is 363 g/mol. The fraction of sp³-hybridized carbons (Fsp3) is 0.364. The van der Waals surface area contributed by atoms with Gasteiger partial charge in [0.25, 0.3) is 11.5 Å². The molecule has 3 heterocycles. The minimum atomic E-state index is -0.115. The average Bonchev–Trinajstić information content (AvgIpc) is 3.04. The summed E-state index contributed by atoms with van der Waals surface area (Å²) >= 11 is 0. The van der Waals surface area contributed by atoms with Crippen LogP contribution in [0.3, 0.4) is 0 Å². The lowest BCUT2D eigenvalue weighted by Crippen LogP contribution is -2.39. The molecule has 0 bridgehead atoms. The number of fused-ring (bicyclic) bond motifs is 1. The Bertz CT molecular complexity index is 1060. The topological polar surface area (TPSA) is 47.2 Å². The van der Waals surface area contributed by atoms with Crippen molar-refractivity contribution in [3.8, 4) is 0 Å². The van der Waals surface area contributed by atoms with E-state index in [1.54, 1.807) is 11.6 Å². The van der Waals surface area contributed by atoms with Crippen molar-refractivity contribution >= 4 is 16.8 Å². The summed E-state index contributed by atoms with van der Waals surface area (Å²) in [6.07, 6.45) is 5.70. The fourth-order valence-electron chi connectivity index (χ4n) is 4.40. The van der Waals surface area contributed by atoms with Crippen LogP contribution >= 0.6 is 0 Å². The molecule has 27 heavy (non-hydrogen) atoms. The van der Waals surface area contributed by atoms with Gasteiger partial charge >= 0.3 is 0 Å². The first-order valence-corrected chi connectivity index (χ1v) is 9.47. The summed E-state index contributed by atoms with van der Waals surface area (Å²) in [5.41, 5.74) is 3.52. The van der Waals surface area contributed by atoms with E-state index in [1.807, 2.05) is 54.0 Å². The molecule has 1 aromatic carbocycles. The molecule has 0 aliphatic carbocycles. The second-order valence-electron chi connectivity index (χ2n) is 7.61. The van der Waals surface area contributed by atoms with E-state index in [0.717, 1.165) is 30.5 Å². The molecule has 0 N–H and O–H groups in total. The van der Waals surface area contributed by atoms with Crippen LogP contribution in [0.2, 0.25) is 0 Å². The lowest BCUT2D eigenvalue weighted by Gasteiger charge is -2.33. The van der Waals surface area contributed by atoms with Crippen molar-refractivity contribution in [3.05, 3.63) is 69.8 Å². The molecule has 2 aromatic heterocycles. The van der Waals surface area contributed by atoms with E-state index < -0.39 is 0 Å². The number of aryl methyl sites for hydroxylation is 3. The molecule has 3 aromatic rings. The van der Waals surface area contributed by atoms with Gasteiger partial charge in [-0.2, -0.15) is 0 Å². The number of pyridine rings is 1. The van der Waals surface area contributed by atoms with Crippen molar-refractivity contribution in [1.29, 1.82) is 0 Å². The van der Waals surface area contributed by atoms with Crippen LogP contribution < -0.4 is 5.56 Å². The van der Waals surface area contributed by atoms with Crippen molar-refractivity contribution in [1.82, 2.24) is 14.0 Å².